The Bertz CT molecular complexity index is 416. The van der Waals surface area contributed by atoms with Gasteiger partial charge < -0.3 is 4.74 Å². The summed E-state index contributed by atoms with van der Waals surface area (Å²) < 4.78 is 18.3. The van der Waals surface area contributed by atoms with Gasteiger partial charge in [-0.05, 0) is 49.9 Å². The number of ether oxygens (including phenoxy) is 1. The molecule has 0 N–H and O–H groups in total. The van der Waals surface area contributed by atoms with E-state index in [0.29, 0.717) is 11.1 Å². The molecule has 16 heavy (non-hydrogen) atoms. The molecule has 0 unspecified atom stereocenters. The maximum atomic E-state index is 12.9. The zero-order chi connectivity index (χ0) is 11.8. The molecule has 0 aliphatic heterocycles. The molecular formula is C13H15FO2. The van der Waals surface area contributed by atoms with Gasteiger partial charge in [0.1, 0.15) is 11.4 Å². The first-order valence-electron chi connectivity index (χ1n) is 5.45. The zero-order valence-electron chi connectivity index (χ0n) is 9.55. The van der Waals surface area contributed by atoms with Crippen molar-refractivity contribution in [3.63, 3.8) is 0 Å². The summed E-state index contributed by atoms with van der Waals surface area (Å²) in [4.78, 5) is 12.3. The van der Waals surface area contributed by atoms with Gasteiger partial charge in [-0.15, -0.1) is 0 Å². The Hall–Kier alpha value is -1.22. The molecule has 1 saturated carbocycles. The maximum absolute atomic E-state index is 12.9. The normalized spacial score (nSPS) is 17.9. The van der Waals surface area contributed by atoms with Crippen LogP contribution in [0.1, 0.15) is 35.2 Å². The van der Waals surface area contributed by atoms with Crippen LogP contribution >= 0.6 is 0 Å². The van der Waals surface area contributed by atoms with Gasteiger partial charge in [0.2, 0.25) is 0 Å². The standard InChI is InChI=1S/C13H15FO2/c1-9-8-10(14)4-5-11(9)12(15)13(16-2)6-3-7-13/h4-5,8H,3,6-7H2,1-2H3. The average molecular weight is 222 g/mol. The van der Waals surface area contributed by atoms with E-state index in [-0.39, 0.29) is 11.6 Å². The first kappa shape index (κ1) is 11.3. The van der Waals surface area contributed by atoms with Gasteiger partial charge in [-0.25, -0.2) is 4.39 Å². The van der Waals surface area contributed by atoms with E-state index in [4.69, 9.17) is 4.74 Å². The molecule has 0 spiro atoms. The van der Waals surface area contributed by atoms with Crippen molar-refractivity contribution >= 4 is 5.78 Å². The monoisotopic (exact) mass is 222 g/mol. The van der Waals surface area contributed by atoms with Crippen LogP contribution in [0, 0.1) is 12.7 Å². The smallest absolute Gasteiger partial charge is 0.194 e. The van der Waals surface area contributed by atoms with E-state index in [9.17, 15) is 9.18 Å². The lowest BCUT2D eigenvalue weighted by molar-refractivity contribution is -0.0448. The molecule has 2 rings (SSSR count). The van der Waals surface area contributed by atoms with Crippen LogP contribution in [0.5, 0.6) is 0 Å². The Labute approximate surface area is 94.4 Å². The minimum absolute atomic E-state index is 0.0150. The number of carbonyl (C=O) groups excluding carboxylic acids is 1. The Morgan fingerprint density at radius 3 is 2.56 bits per heavy atom. The van der Waals surface area contributed by atoms with Crippen molar-refractivity contribution < 1.29 is 13.9 Å². The van der Waals surface area contributed by atoms with E-state index in [1.54, 1.807) is 20.1 Å². The van der Waals surface area contributed by atoms with Crippen molar-refractivity contribution in [2.45, 2.75) is 31.8 Å². The van der Waals surface area contributed by atoms with Gasteiger partial charge in [-0.1, -0.05) is 0 Å². The van der Waals surface area contributed by atoms with E-state index in [1.807, 2.05) is 0 Å². The van der Waals surface area contributed by atoms with E-state index >= 15 is 0 Å². The quantitative estimate of drug-likeness (QED) is 0.735. The fourth-order valence-corrected chi connectivity index (χ4v) is 2.15. The van der Waals surface area contributed by atoms with Crippen molar-refractivity contribution in [1.29, 1.82) is 0 Å². The number of Topliss-reactive ketones (excluding diaryl/α,β-unsaturated/α-hetero) is 1. The Balaban J connectivity index is 2.33. The number of rotatable bonds is 3. The highest BCUT2D eigenvalue weighted by Gasteiger charge is 2.44. The zero-order valence-corrected chi connectivity index (χ0v) is 9.55. The molecule has 1 aromatic carbocycles. The Morgan fingerprint density at radius 2 is 2.12 bits per heavy atom. The maximum Gasteiger partial charge on any atom is 0.194 e. The lowest BCUT2D eigenvalue weighted by atomic mass is 9.74. The lowest BCUT2D eigenvalue weighted by Gasteiger charge is -2.39. The fraction of sp³-hybridized carbons (Fsp3) is 0.462. The number of ketones is 1. The highest BCUT2D eigenvalue weighted by molar-refractivity contribution is 6.04. The summed E-state index contributed by atoms with van der Waals surface area (Å²) in [5.74, 6) is -0.326. The molecular weight excluding hydrogens is 207 g/mol. The van der Waals surface area contributed by atoms with Gasteiger partial charge in [0.15, 0.2) is 5.78 Å². The van der Waals surface area contributed by atoms with Crippen LogP contribution in [-0.2, 0) is 4.74 Å². The molecule has 86 valence electrons. The summed E-state index contributed by atoms with van der Waals surface area (Å²) in [6.07, 6.45) is 2.54. The number of halogens is 1. The SMILES string of the molecule is COC1(C(=O)c2ccc(F)cc2C)CCC1. The molecule has 0 amide bonds. The average Bonchev–Trinajstić information content (AvgIpc) is 2.16. The molecule has 2 nitrogen and oxygen atoms in total. The van der Waals surface area contributed by atoms with Crippen molar-refractivity contribution in [1.82, 2.24) is 0 Å². The number of benzene rings is 1. The summed E-state index contributed by atoms with van der Waals surface area (Å²) >= 11 is 0. The summed E-state index contributed by atoms with van der Waals surface area (Å²) in [6, 6.07) is 4.25. The van der Waals surface area contributed by atoms with Crippen molar-refractivity contribution in [2.75, 3.05) is 7.11 Å². The number of hydrogen-bond acceptors (Lipinski definition) is 2. The molecule has 1 fully saturated rings. The Morgan fingerprint density at radius 1 is 1.44 bits per heavy atom. The molecule has 0 bridgehead atoms. The van der Waals surface area contributed by atoms with E-state index in [0.717, 1.165) is 19.3 Å². The first-order chi connectivity index (χ1) is 7.59. The summed E-state index contributed by atoms with van der Waals surface area (Å²) in [6.45, 7) is 1.75. The van der Waals surface area contributed by atoms with Gasteiger partial charge in [-0.2, -0.15) is 0 Å². The van der Waals surface area contributed by atoms with Crippen LogP contribution in [0.25, 0.3) is 0 Å². The van der Waals surface area contributed by atoms with E-state index < -0.39 is 5.60 Å². The number of aryl methyl sites for hydroxylation is 1. The van der Waals surface area contributed by atoms with Crippen LogP contribution in [0.4, 0.5) is 4.39 Å². The third-order valence-electron chi connectivity index (χ3n) is 3.40. The van der Waals surface area contributed by atoms with Crippen LogP contribution in [0.2, 0.25) is 0 Å². The highest BCUT2D eigenvalue weighted by atomic mass is 19.1. The summed E-state index contributed by atoms with van der Waals surface area (Å²) in [5.41, 5.74) is 0.596. The molecule has 1 aliphatic carbocycles. The second kappa shape index (κ2) is 3.98. The summed E-state index contributed by atoms with van der Waals surface area (Å²) in [7, 11) is 1.57. The predicted octanol–water partition coefficient (Wildman–Crippen LogP) is 2.89. The largest absolute Gasteiger partial charge is 0.370 e. The fourth-order valence-electron chi connectivity index (χ4n) is 2.15. The molecule has 1 aromatic rings. The van der Waals surface area contributed by atoms with Crippen LogP contribution in [0.3, 0.4) is 0 Å². The lowest BCUT2D eigenvalue weighted by Crippen LogP contribution is -2.47. The molecule has 0 atom stereocenters. The molecule has 0 aromatic heterocycles. The van der Waals surface area contributed by atoms with Crippen LogP contribution < -0.4 is 0 Å². The van der Waals surface area contributed by atoms with Crippen LogP contribution in [-0.4, -0.2) is 18.5 Å². The van der Waals surface area contributed by atoms with Gasteiger partial charge >= 0.3 is 0 Å². The second-order valence-electron chi connectivity index (χ2n) is 4.34. The van der Waals surface area contributed by atoms with Crippen molar-refractivity contribution in [2.24, 2.45) is 0 Å². The summed E-state index contributed by atoms with van der Waals surface area (Å²) in [5, 5.41) is 0. The third-order valence-corrected chi connectivity index (χ3v) is 3.40. The molecule has 3 heteroatoms. The minimum Gasteiger partial charge on any atom is -0.370 e. The highest BCUT2D eigenvalue weighted by Crippen LogP contribution is 2.38. The van der Waals surface area contributed by atoms with Gasteiger partial charge in [0.05, 0.1) is 0 Å². The molecule has 0 radical (unpaired) electrons. The van der Waals surface area contributed by atoms with Gasteiger partial charge in [-0.3, -0.25) is 4.79 Å². The third kappa shape index (κ3) is 1.65. The molecule has 0 saturated heterocycles. The van der Waals surface area contributed by atoms with Gasteiger partial charge in [0.25, 0.3) is 0 Å². The first-order valence-corrected chi connectivity index (χ1v) is 5.45. The van der Waals surface area contributed by atoms with Crippen LogP contribution in [0.15, 0.2) is 18.2 Å². The molecule has 0 heterocycles. The van der Waals surface area contributed by atoms with E-state index in [2.05, 4.69) is 0 Å². The van der Waals surface area contributed by atoms with Crippen molar-refractivity contribution in [3.8, 4) is 0 Å². The minimum atomic E-state index is -0.650. The predicted molar refractivity (Wildman–Crippen MR) is 59.1 cm³/mol. The van der Waals surface area contributed by atoms with Gasteiger partial charge in [0, 0.05) is 12.7 Å². The Kier molecular flexibility index (Phi) is 2.80. The number of methoxy groups -OCH3 is 1. The number of carbonyl (C=O) groups is 1. The van der Waals surface area contributed by atoms with Crippen molar-refractivity contribution in [3.05, 3.63) is 35.1 Å². The van der Waals surface area contributed by atoms with E-state index in [1.165, 1.54) is 12.1 Å². The number of hydrogen-bond donors (Lipinski definition) is 0. The topological polar surface area (TPSA) is 26.3 Å². The molecule has 1 aliphatic rings. The second-order valence-corrected chi connectivity index (χ2v) is 4.34.